The summed E-state index contributed by atoms with van der Waals surface area (Å²) < 4.78 is 41.9. The minimum Gasteiger partial charge on any atom is -0.481 e. The van der Waals surface area contributed by atoms with Crippen LogP contribution in [0.25, 0.3) is 21.3 Å². The summed E-state index contributed by atoms with van der Waals surface area (Å²) in [6.07, 6.45) is -2.59. The molecule has 3 N–H and O–H groups in total. The number of thiophene rings is 1. The van der Waals surface area contributed by atoms with Crippen molar-refractivity contribution in [1.29, 1.82) is 0 Å². The molecule has 158 valence electrons. The molecule has 1 aliphatic carbocycles. The molecule has 1 saturated carbocycles. The number of rotatable bonds is 3. The molecule has 2 aromatic heterocycles. The molecule has 2 atom stereocenters. The molecular formula is C19H15ClF3N3O3S. The molecule has 11 heteroatoms. The molecule has 2 unspecified atom stereocenters. The van der Waals surface area contributed by atoms with Crippen molar-refractivity contribution in [1.82, 2.24) is 9.66 Å². The van der Waals surface area contributed by atoms with Crippen molar-refractivity contribution < 1.29 is 23.1 Å². The second kappa shape index (κ2) is 7.28. The number of carbonyl (C=O) groups is 1. The quantitative estimate of drug-likeness (QED) is 0.565. The first-order chi connectivity index (χ1) is 14.1. The van der Waals surface area contributed by atoms with Crippen LogP contribution in [0.4, 0.5) is 13.2 Å². The van der Waals surface area contributed by atoms with E-state index < -0.39 is 40.1 Å². The molecule has 0 radical (unpaired) electrons. The zero-order valence-electron chi connectivity index (χ0n) is 15.2. The number of halogens is 4. The third-order valence-corrected chi connectivity index (χ3v) is 6.77. The standard InChI is InChI=1S/C19H15ClF3N3O3S/c20-15-11(8-1-2-9(3-8)18(28)29)4-10(5-13(15)19(21,22)23)12-6-30-16-14(12)17(27)26(24)7-25-16/h4-9H,1-3,24H2,(H,28,29). The normalized spacial score (nSPS) is 19.5. The van der Waals surface area contributed by atoms with E-state index in [0.29, 0.717) is 17.7 Å². The summed E-state index contributed by atoms with van der Waals surface area (Å²) in [7, 11) is 0. The van der Waals surface area contributed by atoms with Gasteiger partial charge >= 0.3 is 12.1 Å². The molecule has 0 aliphatic heterocycles. The van der Waals surface area contributed by atoms with Gasteiger partial charge in [0, 0.05) is 10.9 Å². The van der Waals surface area contributed by atoms with Crippen LogP contribution >= 0.6 is 22.9 Å². The van der Waals surface area contributed by atoms with E-state index in [0.717, 1.165) is 28.4 Å². The summed E-state index contributed by atoms with van der Waals surface area (Å²) in [4.78, 5) is 28.2. The van der Waals surface area contributed by atoms with Crippen molar-refractivity contribution in [3.8, 4) is 11.1 Å². The number of carboxylic acids is 1. The van der Waals surface area contributed by atoms with Crippen LogP contribution in [0, 0.1) is 5.92 Å². The Bertz CT molecular complexity index is 1220. The molecule has 0 saturated heterocycles. The average Bonchev–Trinajstić information content (AvgIpc) is 3.32. The molecule has 1 aromatic carbocycles. The van der Waals surface area contributed by atoms with E-state index in [9.17, 15) is 27.9 Å². The number of aliphatic carboxylic acids is 1. The van der Waals surface area contributed by atoms with Gasteiger partial charge in [-0.15, -0.1) is 11.3 Å². The minimum atomic E-state index is -4.72. The molecule has 1 aliphatic rings. The predicted octanol–water partition coefficient (Wildman–Crippen LogP) is 4.48. The maximum atomic E-state index is 13.7. The van der Waals surface area contributed by atoms with Gasteiger partial charge in [-0.1, -0.05) is 11.6 Å². The zero-order valence-corrected chi connectivity index (χ0v) is 16.8. The highest BCUT2D eigenvalue weighted by atomic mass is 35.5. The number of nitrogens with two attached hydrogens (primary N) is 1. The fraction of sp³-hybridized carbons (Fsp3) is 0.316. The number of nitrogen functional groups attached to an aromatic ring is 1. The molecule has 2 heterocycles. The van der Waals surface area contributed by atoms with Crippen molar-refractivity contribution in [2.45, 2.75) is 31.4 Å². The van der Waals surface area contributed by atoms with Gasteiger partial charge in [0.25, 0.3) is 5.56 Å². The minimum absolute atomic E-state index is 0.126. The summed E-state index contributed by atoms with van der Waals surface area (Å²) in [5.41, 5.74) is -0.915. The van der Waals surface area contributed by atoms with Crippen molar-refractivity contribution in [3.63, 3.8) is 0 Å². The van der Waals surface area contributed by atoms with E-state index in [1.807, 2.05) is 0 Å². The van der Waals surface area contributed by atoms with Crippen LogP contribution in [0.5, 0.6) is 0 Å². The number of aromatic nitrogens is 2. The average molecular weight is 458 g/mol. The number of alkyl halides is 3. The lowest BCUT2D eigenvalue weighted by Crippen LogP contribution is -2.26. The smallest absolute Gasteiger partial charge is 0.417 e. The number of carboxylic acid groups (broad SMARTS) is 1. The van der Waals surface area contributed by atoms with Crippen molar-refractivity contribution in [2.75, 3.05) is 5.84 Å². The van der Waals surface area contributed by atoms with Crippen molar-refractivity contribution in [2.24, 2.45) is 5.92 Å². The van der Waals surface area contributed by atoms with Crippen LogP contribution in [0.15, 0.2) is 28.6 Å². The third-order valence-electron chi connectivity index (χ3n) is 5.46. The Balaban J connectivity index is 1.93. The molecule has 1 fully saturated rings. The van der Waals surface area contributed by atoms with Gasteiger partial charge in [-0.2, -0.15) is 13.2 Å². The fourth-order valence-electron chi connectivity index (χ4n) is 3.95. The van der Waals surface area contributed by atoms with E-state index >= 15 is 0 Å². The Labute approximate surface area is 176 Å². The van der Waals surface area contributed by atoms with E-state index in [1.165, 1.54) is 6.07 Å². The second-order valence-electron chi connectivity index (χ2n) is 7.26. The number of nitrogens with zero attached hydrogens (tertiary/aromatic N) is 2. The molecule has 4 rings (SSSR count). The highest BCUT2D eigenvalue weighted by Crippen LogP contribution is 2.47. The Morgan fingerprint density at radius 1 is 1.33 bits per heavy atom. The summed E-state index contributed by atoms with van der Waals surface area (Å²) in [5.74, 6) is 3.56. The van der Waals surface area contributed by atoms with Crippen molar-refractivity contribution >= 4 is 39.1 Å². The maximum absolute atomic E-state index is 13.7. The van der Waals surface area contributed by atoms with Gasteiger partial charge in [0.1, 0.15) is 11.2 Å². The Morgan fingerprint density at radius 3 is 2.70 bits per heavy atom. The lowest BCUT2D eigenvalue weighted by atomic mass is 9.90. The molecule has 0 spiro atoms. The first kappa shape index (κ1) is 20.7. The van der Waals surface area contributed by atoms with Gasteiger partial charge in [-0.05, 0) is 48.4 Å². The highest BCUT2D eigenvalue weighted by Gasteiger charge is 2.38. The van der Waals surface area contributed by atoms with E-state index in [2.05, 4.69) is 4.98 Å². The van der Waals surface area contributed by atoms with E-state index in [4.69, 9.17) is 17.4 Å². The highest BCUT2D eigenvalue weighted by molar-refractivity contribution is 7.17. The van der Waals surface area contributed by atoms with Crippen LogP contribution in [0.1, 0.15) is 36.3 Å². The number of hydrogen-bond donors (Lipinski definition) is 2. The lowest BCUT2D eigenvalue weighted by molar-refractivity contribution is -0.141. The second-order valence-corrected chi connectivity index (χ2v) is 8.49. The predicted molar refractivity (Wildman–Crippen MR) is 107 cm³/mol. The van der Waals surface area contributed by atoms with Gasteiger partial charge in [-0.3, -0.25) is 9.59 Å². The topological polar surface area (TPSA) is 98.2 Å². The fourth-order valence-corrected chi connectivity index (χ4v) is 5.23. The van der Waals surface area contributed by atoms with E-state index in [-0.39, 0.29) is 28.5 Å². The van der Waals surface area contributed by atoms with Gasteiger partial charge in [0.15, 0.2) is 0 Å². The lowest BCUT2D eigenvalue weighted by Gasteiger charge is -2.19. The van der Waals surface area contributed by atoms with Crippen LogP contribution < -0.4 is 11.4 Å². The van der Waals surface area contributed by atoms with Gasteiger partial charge in [-0.25, -0.2) is 9.66 Å². The summed E-state index contributed by atoms with van der Waals surface area (Å²) in [5, 5.41) is 10.5. The molecule has 0 bridgehead atoms. The number of fused-ring (bicyclic) bond motifs is 1. The Kier molecular flexibility index (Phi) is 5.01. The van der Waals surface area contributed by atoms with Crippen LogP contribution in [-0.4, -0.2) is 20.7 Å². The Hall–Kier alpha value is -2.59. The van der Waals surface area contributed by atoms with Crippen LogP contribution in [0.3, 0.4) is 0 Å². The summed E-state index contributed by atoms with van der Waals surface area (Å²) in [6, 6.07) is 2.42. The van der Waals surface area contributed by atoms with Crippen molar-refractivity contribution in [3.05, 3.63) is 50.3 Å². The molecule has 0 amide bonds. The van der Waals surface area contributed by atoms with Gasteiger partial charge in [0.2, 0.25) is 0 Å². The molecule has 3 aromatic rings. The van der Waals surface area contributed by atoms with Crippen LogP contribution in [-0.2, 0) is 11.0 Å². The maximum Gasteiger partial charge on any atom is 0.417 e. The summed E-state index contributed by atoms with van der Waals surface area (Å²) in [6.45, 7) is 0. The molecular weight excluding hydrogens is 443 g/mol. The largest absolute Gasteiger partial charge is 0.481 e. The first-order valence-electron chi connectivity index (χ1n) is 8.95. The molecule has 6 nitrogen and oxygen atoms in total. The zero-order chi connectivity index (χ0) is 21.8. The third kappa shape index (κ3) is 3.43. The number of benzene rings is 1. The first-order valence-corrected chi connectivity index (χ1v) is 10.2. The van der Waals surface area contributed by atoms with Crippen LogP contribution in [0.2, 0.25) is 5.02 Å². The monoisotopic (exact) mass is 457 g/mol. The summed E-state index contributed by atoms with van der Waals surface area (Å²) >= 11 is 7.27. The van der Waals surface area contributed by atoms with Gasteiger partial charge in [0.05, 0.1) is 21.9 Å². The Morgan fingerprint density at radius 2 is 2.07 bits per heavy atom. The number of hydrogen-bond acceptors (Lipinski definition) is 5. The molecule has 30 heavy (non-hydrogen) atoms. The van der Waals surface area contributed by atoms with E-state index in [1.54, 1.807) is 5.38 Å². The van der Waals surface area contributed by atoms with Gasteiger partial charge < -0.3 is 10.9 Å². The SMILES string of the molecule is Nn1cnc2scc(-c3cc(C4CCC(C(=O)O)C4)c(Cl)c(C(F)(F)F)c3)c2c1=O.